The molecule has 2 unspecified atom stereocenters. The Morgan fingerprint density at radius 1 is 1.33 bits per heavy atom. The van der Waals surface area contributed by atoms with Gasteiger partial charge in [-0.2, -0.15) is 4.37 Å². The van der Waals surface area contributed by atoms with Crippen LogP contribution in [-0.2, 0) is 9.53 Å². The molecule has 1 aromatic carbocycles. The number of amides is 2. The number of benzene rings is 1. The van der Waals surface area contributed by atoms with Crippen LogP contribution < -0.4 is 14.5 Å². The third-order valence-corrected chi connectivity index (χ3v) is 6.63. The lowest BCUT2D eigenvalue weighted by Crippen LogP contribution is -2.52. The number of hydrogen-bond acceptors (Lipinski definition) is 10. The second kappa shape index (κ2) is 8.72. The number of rotatable bonds is 7. The van der Waals surface area contributed by atoms with E-state index >= 15 is 4.39 Å². The van der Waals surface area contributed by atoms with Gasteiger partial charge in [0.1, 0.15) is 18.6 Å². The number of anilines is 2. The first-order valence-corrected chi connectivity index (χ1v) is 11.2. The van der Waals surface area contributed by atoms with Crippen molar-refractivity contribution in [3.8, 4) is 5.88 Å². The van der Waals surface area contributed by atoms with E-state index < -0.39 is 36.6 Å². The van der Waals surface area contributed by atoms with E-state index in [0.29, 0.717) is 36.8 Å². The molecule has 0 radical (unpaired) electrons. The van der Waals surface area contributed by atoms with Gasteiger partial charge in [0.05, 0.1) is 42.3 Å². The zero-order valence-corrected chi connectivity index (χ0v) is 18.2. The number of hydrogen-bond donors (Lipinski definition) is 2. The van der Waals surface area contributed by atoms with Crippen molar-refractivity contribution in [3.63, 3.8) is 0 Å². The van der Waals surface area contributed by atoms with Crippen LogP contribution in [0.25, 0.3) is 0 Å². The third kappa shape index (κ3) is 4.07. The second-order valence-electron chi connectivity index (χ2n) is 8.19. The number of aliphatic hydroxyl groups excluding tert-OH is 2. The number of aliphatic hydroxyl groups is 2. The molecular formula is C20H22FN5O6S. The molecule has 2 aromatic rings. The SMILES string of the molecule is O=C1O[C@@H](COc2cnsn2)CN1c1ccc(N2CC3CC2CN3C(=O)[C@@H](O)CO)c(F)c1. The van der Waals surface area contributed by atoms with E-state index in [9.17, 15) is 14.7 Å². The molecule has 4 heterocycles. The van der Waals surface area contributed by atoms with E-state index in [1.54, 1.807) is 17.0 Å². The van der Waals surface area contributed by atoms with E-state index in [1.165, 1.54) is 17.2 Å². The number of cyclic esters (lactones) is 1. The summed E-state index contributed by atoms with van der Waals surface area (Å²) in [6.45, 7) is 0.498. The maximum atomic E-state index is 15.1. The summed E-state index contributed by atoms with van der Waals surface area (Å²) in [5.74, 6) is -0.622. The molecule has 2 bridgehead atoms. The third-order valence-electron chi connectivity index (χ3n) is 6.17. The molecule has 2 amide bonds. The molecule has 3 saturated heterocycles. The van der Waals surface area contributed by atoms with Gasteiger partial charge in [-0.3, -0.25) is 9.69 Å². The van der Waals surface area contributed by atoms with Crippen molar-refractivity contribution in [1.82, 2.24) is 13.6 Å². The van der Waals surface area contributed by atoms with Gasteiger partial charge >= 0.3 is 6.09 Å². The number of piperazine rings is 1. The van der Waals surface area contributed by atoms with Crippen molar-refractivity contribution in [2.24, 2.45) is 0 Å². The number of halogens is 1. The van der Waals surface area contributed by atoms with Gasteiger partial charge in [0, 0.05) is 19.1 Å². The molecule has 13 heteroatoms. The Hall–Kier alpha value is -3.03. The molecule has 3 aliphatic heterocycles. The van der Waals surface area contributed by atoms with Crippen molar-refractivity contribution in [1.29, 1.82) is 0 Å². The molecular weight excluding hydrogens is 457 g/mol. The van der Waals surface area contributed by atoms with Gasteiger partial charge in [0.25, 0.3) is 5.91 Å². The van der Waals surface area contributed by atoms with Crippen LogP contribution in [0.2, 0.25) is 0 Å². The summed E-state index contributed by atoms with van der Waals surface area (Å²) in [6, 6.07) is 4.36. The van der Waals surface area contributed by atoms with E-state index in [2.05, 4.69) is 8.75 Å². The summed E-state index contributed by atoms with van der Waals surface area (Å²) in [5, 5.41) is 18.6. The number of fused-ring (bicyclic) bond motifs is 2. The first-order valence-electron chi connectivity index (χ1n) is 10.5. The Balaban J connectivity index is 1.23. The highest BCUT2D eigenvalue weighted by atomic mass is 32.1. The predicted molar refractivity (Wildman–Crippen MR) is 114 cm³/mol. The van der Waals surface area contributed by atoms with Gasteiger partial charge in [0.15, 0.2) is 12.2 Å². The quantitative estimate of drug-likeness (QED) is 0.573. The second-order valence-corrected chi connectivity index (χ2v) is 8.75. The number of nitrogens with zero attached hydrogens (tertiary/aromatic N) is 5. The van der Waals surface area contributed by atoms with Crippen molar-refractivity contribution >= 4 is 35.1 Å². The van der Waals surface area contributed by atoms with Gasteiger partial charge < -0.3 is 29.5 Å². The smallest absolute Gasteiger partial charge is 0.414 e. The largest absolute Gasteiger partial charge is 0.472 e. The van der Waals surface area contributed by atoms with Crippen molar-refractivity contribution in [2.75, 3.05) is 42.6 Å². The molecule has 0 saturated carbocycles. The molecule has 176 valence electrons. The van der Waals surface area contributed by atoms with Crippen LogP contribution in [0.4, 0.5) is 20.6 Å². The molecule has 1 aromatic heterocycles. The Morgan fingerprint density at radius 2 is 2.18 bits per heavy atom. The minimum Gasteiger partial charge on any atom is -0.472 e. The van der Waals surface area contributed by atoms with E-state index in [4.69, 9.17) is 14.6 Å². The van der Waals surface area contributed by atoms with E-state index in [1.807, 2.05) is 4.90 Å². The predicted octanol–water partition coefficient (Wildman–Crippen LogP) is 0.224. The first kappa shape index (κ1) is 21.8. The van der Waals surface area contributed by atoms with Gasteiger partial charge in [-0.25, -0.2) is 9.18 Å². The van der Waals surface area contributed by atoms with Crippen LogP contribution in [0.15, 0.2) is 24.4 Å². The topological polar surface area (TPSA) is 129 Å². The molecule has 33 heavy (non-hydrogen) atoms. The Bertz CT molecular complexity index is 1040. The van der Waals surface area contributed by atoms with Gasteiger partial charge in [-0.15, -0.1) is 4.37 Å². The number of aromatic nitrogens is 2. The number of carbonyl (C=O) groups excluding carboxylic acids is 2. The first-order chi connectivity index (χ1) is 15.9. The molecule has 4 atom stereocenters. The lowest BCUT2D eigenvalue weighted by atomic mass is 10.2. The van der Waals surface area contributed by atoms with Crippen molar-refractivity contribution < 1.29 is 33.7 Å². The summed E-state index contributed by atoms with van der Waals surface area (Å²) in [7, 11) is 0. The molecule has 11 nitrogen and oxygen atoms in total. The Kier molecular flexibility index (Phi) is 5.76. The summed E-state index contributed by atoms with van der Waals surface area (Å²) in [5.41, 5.74) is 0.774. The Labute approximate surface area is 192 Å². The lowest BCUT2D eigenvalue weighted by Gasteiger charge is -2.36. The minimum absolute atomic E-state index is 0.0799. The fraction of sp³-hybridized carbons (Fsp3) is 0.500. The number of likely N-dealkylation sites (tertiary alicyclic amines) is 1. The highest BCUT2D eigenvalue weighted by Gasteiger charge is 2.47. The van der Waals surface area contributed by atoms with Crippen LogP contribution in [-0.4, -0.2) is 93.0 Å². The van der Waals surface area contributed by atoms with Crippen LogP contribution in [0.3, 0.4) is 0 Å². The fourth-order valence-electron chi connectivity index (χ4n) is 4.62. The van der Waals surface area contributed by atoms with Gasteiger partial charge in [-0.05, 0) is 24.6 Å². The Morgan fingerprint density at radius 3 is 2.85 bits per heavy atom. The van der Waals surface area contributed by atoms with E-state index in [-0.39, 0.29) is 25.2 Å². The summed E-state index contributed by atoms with van der Waals surface area (Å²) < 4.78 is 33.6. The lowest BCUT2D eigenvalue weighted by molar-refractivity contribution is -0.143. The van der Waals surface area contributed by atoms with Gasteiger partial charge in [0.2, 0.25) is 5.88 Å². The fourth-order valence-corrected chi connectivity index (χ4v) is 4.98. The van der Waals surface area contributed by atoms with Crippen molar-refractivity contribution in [2.45, 2.75) is 30.7 Å². The molecule has 0 spiro atoms. The van der Waals surface area contributed by atoms with E-state index in [0.717, 1.165) is 11.7 Å². The normalized spacial score (nSPS) is 25.0. The summed E-state index contributed by atoms with van der Waals surface area (Å²) in [4.78, 5) is 29.3. The number of carbonyl (C=O) groups is 2. The standard InChI is InChI=1S/C20H22FN5O6S/c21-15-4-11(26-8-14(32-20(26)30)10-31-18-5-22-33-23-18)1-2-16(15)24-6-13-3-12(24)7-25(13)19(29)17(28)9-27/h1-2,4-5,12-14,17,27-28H,3,6-10H2/t12?,13?,14-,17+/m1/s1. The molecule has 3 aliphatic rings. The summed E-state index contributed by atoms with van der Waals surface area (Å²) >= 11 is 1.01. The van der Waals surface area contributed by atoms with Crippen LogP contribution in [0, 0.1) is 5.82 Å². The average molecular weight is 479 g/mol. The molecule has 3 fully saturated rings. The van der Waals surface area contributed by atoms with Crippen molar-refractivity contribution in [3.05, 3.63) is 30.2 Å². The zero-order chi connectivity index (χ0) is 23.1. The molecule has 2 N–H and O–H groups in total. The van der Waals surface area contributed by atoms with Crippen LogP contribution in [0.1, 0.15) is 6.42 Å². The molecule has 5 rings (SSSR count). The average Bonchev–Trinajstić information content (AvgIpc) is 3.60. The maximum Gasteiger partial charge on any atom is 0.414 e. The minimum atomic E-state index is -1.43. The summed E-state index contributed by atoms with van der Waals surface area (Å²) in [6.07, 6.45) is -0.387. The monoisotopic (exact) mass is 479 g/mol. The maximum absolute atomic E-state index is 15.1. The number of ether oxygens (including phenoxy) is 2. The highest BCUT2D eigenvalue weighted by Crippen LogP contribution is 2.37. The zero-order valence-electron chi connectivity index (χ0n) is 17.4. The van der Waals surface area contributed by atoms with Crippen LogP contribution in [0.5, 0.6) is 5.88 Å². The highest BCUT2D eigenvalue weighted by molar-refractivity contribution is 6.99. The molecule has 0 aliphatic carbocycles. The van der Waals surface area contributed by atoms with Gasteiger partial charge in [-0.1, -0.05) is 0 Å². The van der Waals surface area contributed by atoms with Crippen LogP contribution >= 0.6 is 11.7 Å².